The van der Waals surface area contributed by atoms with Gasteiger partial charge in [-0.2, -0.15) is 0 Å². The van der Waals surface area contributed by atoms with Gasteiger partial charge >= 0.3 is 0 Å². The number of para-hydroxylation sites is 1. The Morgan fingerprint density at radius 3 is 2.67 bits per heavy atom. The molecule has 0 aliphatic carbocycles. The number of carbonyl (C=O) groups excluding carboxylic acids is 2. The second-order valence-corrected chi connectivity index (χ2v) is 5.35. The fraction of sp³-hybridized carbons (Fsp3) is 0.125. The van der Waals surface area contributed by atoms with Crippen LogP contribution >= 0.6 is 11.6 Å². The van der Waals surface area contributed by atoms with Gasteiger partial charge in [0.1, 0.15) is 5.82 Å². The minimum Gasteiger partial charge on any atom is -0.300 e. The molecule has 1 aliphatic heterocycles. The van der Waals surface area contributed by atoms with Crippen molar-refractivity contribution in [3.63, 3.8) is 0 Å². The Hall–Kier alpha value is -2.20. The number of carbonyl (C=O) groups is 2. The Balaban J connectivity index is 2.02. The summed E-state index contributed by atoms with van der Waals surface area (Å²) >= 11 is 5.65. The van der Waals surface area contributed by atoms with Crippen LogP contribution < -0.4 is 4.90 Å². The van der Waals surface area contributed by atoms with E-state index in [1.54, 1.807) is 18.2 Å². The molecule has 0 radical (unpaired) electrons. The number of rotatable bonds is 2. The highest BCUT2D eigenvalue weighted by Gasteiger charge is 2.36. The molecule has 0 atom stereocenters. The monoisotopic (exact) mass is 303 g/mol. The summed E-state index contributed by atoms with van der Waals surface area (Å²) in [5.41, 5.74) is 2.41. The first-order valence-electron chi connectivity index (χ1n) is 6.39. The number of hydrogen-bond donors (Lipinski definition) is 0. The van der Waals surface area contributed by atoms with Crippen molar-refractivity contribution < 1.29 is 14.0 Å². The standard InChI is InChI=1S/C16H11ClFNO2/c1-9-3-2-4-11-14(9)19(16(21)15(11)20)8-10-5-6-12(17)13(18)7-10/h2-7H,8H2,1H3. The third-order valence-electron chi connectivity index (χ3n) is 3.52. The van der Waals surface area contributed by atoms with Gasteiger partial charge in [-0.3, -0.25) is 9.59 Å². The number of fused-ring (bicyclic) bond motifs is 1. The van der Waals surface area contributed by atoms with Crippen LogP contribution in [0.15, 0.2) is 36.4 Å². The summed E-state index contributed by atoms with van der Waals surface area (Å²) in [6.07, 6.45) is 0. The van der Waals surface area contributed by atoms with Crippen molar-refractivity contribution >= 4 is 29.0 Å². The van der Waals surface area contributed by atoms with Crippen LogP contribution in [0.1, 0.15) is 21.5 Å². The van der Waals surface area contributed by atoms with Gasteiger partial charge < -0.3 is 4.90 Å². The van der Waals surface area contributed by atoms with E-state index < -0.39 is 17.5 Å². The second kappa shape index (κ2) is 4.97. The molecule has 5 heteroatoms. The van der Waals surface area contributed by atoms with E-state index in [9.17, 15) is 14.0 Å². The van der Waals surface area contributed by atoms with Gasteiger partial charge in [0.2, 0.25) is 0 Å². The minimum absolute atomic E-state index is 0.0270. The molecule has 106 valence electrons. The SMILES string of the molecule is Cc1cccc2c1N(Cc1ccc(Cl)c(F)c1)C(=O)C2=O. The maximum Gasteiger partial charge on any atom is 0.299 e. The fourth-order valence-electron chi connectivity index (χ4n) is 2.51. The van der Waals surface area contributed by atoms with Crippen LogP contribution in [0.2, 0.25) is 5.02 Å². The molecule has 0 saturated heterocycles. The molecule has 1 aliphatic rings. The number of anilines is 1. The first-order chi connectivity index (χ1) is 9.99. The summed E-state index contributed by atoms with van der Waals surface area (Å²) in [5, 5.41) is 0.0270. The molecule has 0 spiro atoms. The predicted molar refractivity (Wildman–Crippen MR) is 78.1 cm³/mol. The summed E-state index contributed by atoms with van der Waals surface area (Å²) in [5.74, 6) is -1.66. The van der Waals surface area contributed by atoms with Crippen molar-refractivity contribution in [2.24, 2.45) is 0 Å². The highest BCUT2D eigenvalue weighted by atomic mass is 35.5. The van der Waals surface area contributed by atoms with Crippen LogP contribution in [-0.4, -0.2) is 11.7 Å². The molecule has 0 N–H and O–H groups in total. The first kappa shape index (κ1) is 13.8. The molecule has 0 saturated carbocycles. The highest BCUT2D eigenvalue weighted by Crippen LogP contribution is 2.33. The van der Waals surface area contributed by atoms with Gasteiger partial charge in [-0.05, 0) is 36.2 Å². The van der Waals surface area contributed by atoms with Crippen LogP contribution in [0.5, 0.6) is 0 Å². The first-order valence-corrected chi connectivity index (χ1v) is 6.76. The summed E-state index contributed by atoms with van der Waals surface area (Å²) in [6.45, 7) is 1.97. The second-order valence-electron chi connectivity index (χ2n) is 4.94. The highest BCUT2D eigenvalue weighted by molar-refractivity contribution is 6.52. The lowest BCUT2D eigenvalue weighted by Gasteiger charge is -2.18. The Morgan fingerprint density at radius 2 is 1.95 bits per heavy atom. The lowest BCUT2D eigenvalue weighted by molar-refractivity contribution is -0.114. The van der Waals surface area contributed by atoms with E-state index in [1.165, 1.54) is 17.0 Å². The van der Waals surface area contributed by atoms with Crippen LogP contribution in [0.4, 0.5) is 10.1 Å². The Morgan fingerprint density at radius 1 is 1.19 bits per heavy atom. The Labute approximate surface area is 125 Å². The van der Waals surface area contributed by atoms with E-state index in [0.29, 0.717) is 16.8 Å². The predicted octanol–water partition coefficient (Wildman–Crippen LogP) is 3.52. The maximum atomic E-state index is 13.5. The summed E-state index contributed by atoms with van der Waals surface area (Å²) in [7, 11) is 0. The van der Waals surface area contributed by atoms with Crippen molar-refractivity contribution in [1.82, 2.24) is 0 Å². The number of aryl methyl sites for hydroxylation is 1. The summed E-state index contributed by atoms with van der Waals surface area (Å²) < 4.78 is 13.5. The van der Waals surface area contributed by atoms with Gasteiger partial charge in [0.15, 0.2) is 0 Å². The molecule has 2 aromatic rings. The summed E-state index contributed by atoms with van der Waals surface area (Å²) in [6, 6.07) is 9.55. The average molecular weight is 304 g/mol. The van der Waals surface area contributed by atoms with Crippen molar-refractivity contribution in [3.8, 4) is 0 Å². The fourth-order valence-corrected chi connectivity index (χ4v) is 2.63. The number of halogens is 2. The zero-order chi connectivity index (χ0) is 15.1. The van der Waals surface area contributed by atoms with E-state index in [0.717, 1.165) is 5.56 Å². The number of Topliss-reactive ketones (excluding diaryl/α,β-unsaturated/α-hetero) is 1. The van der Waals surface area contributed by atoms with E-state index in [2.05, 4.69) is 0 Å². The largest absolute Gasteiger partial charge is 0.300 e. The van der Waals surface area contributed by atoms with Crippen LogP contribution in [0.3, 0.4) is 0 Å². The lowest BCUT2D eigenvalue weighted by Crippen LogP contribution is -2.29. The minimum atomic E-state index is -0.588. The van der Waals surface area contributed by atoms with Gasteiger partial charge in [-0.15, -0.1) is 0 Å². The third kappa shape index (κ3) is 2.21. The van der Waals surface area contributed by atoms with Crippen molar-refractivity contribution in [2.45, 2.75) is 13.5 Å². The van der Waals surface area contributed by atoms with Gasteiger partial charge in [-0.1, -0.05) is 29.8 Å². The molecule has 0 aromatic heterocycles. The van der Waals surface area contributed by atoms with E-state index in [1.807, 2.05) is 13.0 Å². The quantitative estimate of drug-likeness (QED) is 0.796. The molecule has 2 aromatic carbocycles. The van der Waals surface area contributed by atoms with Gasteiger partial charge in [0.25, 0.3) is 11.7 Å². The zero-order valence-electron chi connectivity index (χ0n) is 11.2. The van der Waals surface area contributed by atoms with E-state index in [-0.39, 0.29) is 11.6 Å². The van der Waals surface area contributed by atoms with Crippen molar-refractivity contribution in [2.75, 3.05) is 4.90 Å². The van der Waals surface area contributed by atoms with Gasteiger partial charge in [0.05, 0.1) is 22.8 Å². The average Bonchev–Trinajstić information content (AvgIpc) is 2.69. The molecule has 21 heavy (non-hydrogen) atoms. The molecule has 1 amide bonds. The molecule has 0 bridgehead atoms. The molecule has 1 heterocycles. The van der Waals surface area contributed by atoms with Crippen molar-refractivity contribution in [3.05, 3.63) is 63.9 Å². The number of ketones is 1. The lowest BCUT2D eigenvalue weighted by atomic mass is 10.1. The van der Waals surface area contributed by atoms with E-state index in [4.69, 9.17) is 11.6 Å². The summed E-state index contributed by atoms with van der Waals surface area (Å²) in [4.78, 5) is 25.5. The molecule has 3 rings (SSSR count). The molecule has 0 fully saturated rings. The number of amides is 1. The molecule has 0 unspecified atom stereocenters. The number of benzene rings is 2. The number of hydrogen-bond acceptors (Lipinski definition) is 2. The van der Waals surface area contributed by atoms with E-state index >= 15 is 0 Å². The van der Waals surface area contributed by atoms with Gasteiger partial charge in [0, 0.05) is 0 Å². The zero-order valence-corrected chi connectivity index (χ0v) is 11.9. The third-order valence-corrected chi connectivity index (χ3v) is 3.82. The normalized spacial score (nSPS) is 13.8. The molecule has 3 nitrogen and oxygen atoms in total. The number of nitrogens with zero attached hydrogens (tertiary/aromatic N) is 1. The van der Waals surface area contributed by atoms with Gasteiger partial charge in [-0.25, -0.2) is 4.39 Å². The van der Waals surface area contributed by atoms with Crippen LogP contribution in [0.25, 0.3) is 0 Å². The smallest absolute Gasteiger partial charge is 0.299 e. The maximum absolute atomic E-state index is 13.5. The molecular formula is C16H11ClFNO2. The molecular weight excluding hydrogens is 293 g/mol. The van der Waals surface area contributed by atoms with Crippen molar-refractivity contribution in [1.29, 1.82) is 0 Å². The Bertz CT molecular complexity index is 773. The van der Waals surface area contributed by atoms with Crippen LogP contribution in [0, 0.1) is 12.7 Å². The van der Waals surface area contributed by atoms with Crippen LogP contribution in [-0.2, 0) is 11.3 Å². The Kier molecular flexibility index (Phi) is 3.26. The topological polar surface area (TPSA) is 37.4 Å².